The van der Waals surface area contributed by atoms with Crippen LogP contribution in [0.3, 0.4) is 0 Å². The van der Waals surface area contributed by atoms with Crippen molar-refractivity contribution in [2.45, 2.75) is 64.7 Å². The molecule has 0 aliphatic heterocycles. The van der Waals surface area contributed by atoms with E-state index >= 15 is 0 Å². The standard InChI is InChI=1S/C16H29N/c1-14-7-5-6-10-16(14)13-17-12-11-15-8-3-2-4-9-15/h8,14,16-17H,2-7,9-13H2,1H3. The van der Waals surface area contributed by atoms with Gasteiger partial charge < -0.3 is 5.32 Å². The molecule has 0 saturated heterocycles. The molecule has 1 N–H and O–H groups in total. The minimum absolute atomic E-state index is 0.948. The highest BCUT2D eigenvalue weighted by Crippen LogP contribution is 2.28. The first kappa shape index (κ1) is 13.1. The summed E-state index contributed by atoms with van der Waals surface area (Å²) >= 11 is 0. The molecule has 0 spiro atoms. The van der Waals surface area contributed by atoms with Crippen LogP contribution in [0.5, 0.6) is 0 Å². The number of allylic oxidation sites excluding steroid dienone is 1. The maximum Gasteiger partial charge on any atom is -0.00115 e. The van der Waals surface area contributed by atoms with E-state index < -0.39 is 0 Å². The van der Waals surface area contributed by atoms with E-state index in [0.29, 0.717) is 0 Å². The van der Waals surface area contributed by atoms with Crippen molar-refractivity contribution in [2.24, 2.45) is 11.8 Å². The van der Waals surface area contributed by atoms with Gasteiger partial charge >= 0.3 is 0 Å². The van der Waals surface area contributed by atoms with Crippen molar-refractivity contribution in [1.82, 2.24) is 5.32 Å². The van der Waals surface area contributed by atoms with E-state index in [1.54, 1.807) is 5.57 Å². The Bertz CT molecular complexity index is 244. The molecule has 0 bridgehead atoms. The minimum atomic E-state index is 0.948. The third-order valence-electron chi connectivity index (χ3n) is 4.70. The maximum absolute atomic E-state index is 3.69. The predicted molar refractivity (Wildman–Crippen MR) is 75.2 cm³/mol. The van der Waals surface area contributed by atoms with Gasteiger partial charge in [0.2, 0.25) is 0 Å². The van der Waals surface area contributed by atoms with Gasteiger partial charge in [-0.2, -0.15) is 0 Å². The fraction of sp³-hybridized carbons (Fsp3) is 0.875. The van der Waals surface area contributed by atoms with Gasteiger partial charge in [-0.3, -0.25) is 0 Å². The Morgan fingerprint density at radius 3 is 2.82 bits per heavy atom. The van der Waals surface area contributed by atoms with Gasteiger partial charge in [0.05, 0.1) is 0 Å². The molecule has 17 heavy (non-hydrogen) atoms. The number of hydrogen-bond donors (Lipinski definition) is 1. The number of hydrogen-bond acceptors (Lipinski definition) is 1. The lowest BCUT2D eigenvalue weighted by atomic mass is 9.80. The summed E-state index contributed by atoms with van der Waals surface area (Å²) in [5.41, 5.74) is 1.71. The first-order valence-electron chi connectivity index (χ1n) is 7.75. The molecule has 1 saturated carbocycles. The second kappa shape index (κ2) is 7.20. The van der Waals surface area contributed by atoms with Crippen LogP contribution < -0.4 is 5.32 Å². The van der Waals surface area contributed by atoms with Gasteiger partial charge in [-0.15, -0.1) is 0 Å². The normalized spacial score (nSPS) is 30.1. The van der Waals surface area contributed by atoms with Gasteiger partial charge in [0.15, 0.2) is 0 Å². The van der Waals surface area contributed by atoms with E-state index in [9.17, 15) is 0 Å². The highest BCUT2D eigenvalue weighted by Gasteiger charge is 2.20. The molecule has 1 fully saturated rings. The summed E-state index contributed by atoms with van der Waals surface area (Å²) in [4.78, 5) is 0. The van der Waals surface area contributed by atoms with Crippen molar-refractivity contribution in [2.75, 3.05) is 13.1 Å². The van der Waals surface area contributed by atoms with Crippen molar-refractivity contribution in [3.05, 3.63) is 11.6 Å². The maximum atomic E-state index is 3.69. The van der Waals surface area contributed by atoms with Crippen molar-refractivity contribution in [3.63, 3.8) is 0 Å². The molecule has 0 radical (unpaired) electrons. The summed E-state index contributed by atoms with van der Waals surface area (Å²) in [5, 5.41) is 3.69. The molecule has 1 nitrogen and oxygen atoms in total. The monoisotopic (exact) mass is 235 g/mol. The van der Waals surface area contributed by atoms with Crippen LogP contribution in [0.2, 0.25) is 0 Å². The van der Waals surface area contributed by atoms with Crippen LogP contribution in [-0.4, -0.2) is 13.1 Å². The van der Waals surface area contributed by atoms with Crippen molar-refractivity contribution >= 4 is 0 Å². The van der Waals surface area contributed by atoms with E-state index in [0.717, 1.165) is 11.8 Å². The van der Waals surface area contributed by atoms with E-state index in [1.807, 2.05) is 0 Å². The molecule has 2 unspecified atom stereocenters. The highest BCUT2D eigenvalue weighted by atomic mass is 14.9. The molecular formula is C16H29N. The van der Waals surface area contributed by atoms with Crippen LogP contribution in [0.4, 0.5) is 0 Å². The molecule has 0 heterocycles. The van der Waals surface area contributed by atoms with E-state index in [4.69, 9.17) is 0 Å². The molecule has 1 heteroatoms. The SMILES string of the molecule is CC1CCCCC1CNCCC1=CCCCC1. The third kappa shape index (κ3) is 4.46. The highest BCUT2D eigenvalue weighted by molar-refractivity contribution is 5.05. The van der Waals surface area contributed by atoms with Gasteiger partial charge in [0, 0.05) is 0 Å². The Hall–Kier alpha value is -0.300. The molecule has 2 rings (SSSR count). The Labute approximate surface area is 107 Å². The van der Waals surface area contributed by atoms with Gasteiger partial charge in [0.1, 0.15) is 0 Å². The average molecular weight is 235 g/mol. The lowest BCUT2D eigenvalue weighted by Gasteiger charge is -2.29. The average Bonchev–Trinajstić information content (AvgIpc) is 2.38. The van der Waals surface area contributed by atoms with Gasteiger partial charge in [0.25, 0.3) is 0 Å². The molecule has 0 aromatic rings. The molecule has 98 valence electrons. The number of nitrogens with one attached hydrogen (secondary N) is 1. The van der Waals surface area contributed by atoms with Gasteiger partial charge in [-0.05, 0) is 63.5 Å². The molecule has 0 aromatic heterocycles. The molecule has 0 amide bonds. The molecular weight excluding hydrogens is 206 g/mol. The topological polar surface area (TPSA) is 12.0 Å². The summed E-state index contributed by atoms with van der Waals surface area (Å²) in [6.07, 6.45) is 15.1. The van der Waals surface area contributed by atoms with Crippen LogP contribution in [0.1, 0.15) is 64.7 Å². The zero-order valence-corrected chi connectivity index (χ0v) is 11.5. The van der Waals surface area contributed by atoms with Crippen LogP contribution >= 0.6 is 0 Å². The van der Waals surface area contributed by atoms with E-state index in [1.165, 1.54) is 70.9 Å². The van der Waals surface area contributed by atoms with Crippen molar-refractivity contribution < 1.29 is 0 Å². The largest absolute Gasteiger partial charge is 0.316 e. The molecule has 2 aliphatic rings. The molecule has 2 aliphatic carbocycles. The second-order valence-electron chi connectivity index (χ2n) is 6.08. The first-order chi connectivity index (χ1) is 8.36. The van der Waals surface area contributed by atoms with Crippen LogP contribution in [0, 0.1) is 11.8 Å². The van der Waals surface area contributed by atoms with Crippen LogP contribution in [0.25, 0.3) is 0 Å². The summed E-state index contributed by atoms with van der Waals surface area (Å²) in [5.74, 6) is 1.90. The Morgan fingerprint density at radius 2 is 2.06 bits per heavy atom. The zero-order chi connectivity index (χ0) is 11.9. The Morgan fingerprint density at radius 1 is 1.18 bits per heavy atom. The smallest absolute Gasteiger partial charge is 0.00115 e. The molecule has 0 aromatic carbocycles. The van der Waals surface area contributed by atoms with Crippen molar-refractivity contribution in [3.8, 4) is 0 Å². The van der Waals surface area contributed by atoms with Crippen LogP contribution in [0.15, 0.2) is 11.6 Å². The third-order valence-corrected chi connectivity index (χ3v) is 4.70. The summed E-state index contributed by atoms with van der Waals surface area (Å²) in [6.45, 7) is 4.90. The van der Waals surface area contributed by atoms with Gasteiger partial charge in [-0.1, -0.05) is 37.8 Å². The van der Waals surface area contributed by atoms with E-state index in [-0.39, 0.29) is 0 Å². The lowest BCUT2D eigenvalue weighted by molar-refractivity contribution is 0.248. The second-order valence-corrected chi connectivity index (χ2v) is 6.08. The summed E-state index contributed by atoms with van der Waals surface area (Å²) < 4.78 is 0. The minimum Gasteiger partial charge on any atom is -0.316 e. The van der Waals surface area contributed by atoms with Crippen molar-refractivity contribution in [1.29, 1.82) is 0 Å². The first-order valence-corrected chi connectivity index (χ1v) is 7.75. The van der Waals surface area contributed by atoms with Crippen LogP contribution in [-0.2, 0) is 0 Å². The summed E-state index contributed by atoms with van der Waals surface area (Å²) in [7, 11) is 0. The zero-order valence-electron chi connectivity index (χ0n) is 11.5. The summed E-state index contributed by atoms with van der Waals surface area (Å²) in [6, 6.07) is 0. The predicted octanol–water partition coefficient (Wildman–Crippen LogP) is 4.29. The van der Waals surface area contributed by atoms with Gasteiger partial charge in [-0.25, -0.2) is 0 Å². The quantitative estimate of drug-likeness (QED) is 0.553. The van der Waals surface area contributed by atoms with E-state index in [2.05, 4.69) is 18.3 Å². The fourth-order valence-corrected chi connectivity index (χ4v) is 3.36. The Balaban J connectivity index is 1.57. The molecule has 2 atom stereocenters. The Kier molecular flexibility index (Phi) is 5.57. The lowest BCUT2D eigenvalue weighted by Crippen LogP contribution is -2.30. The number of rotatable bonds is 5. The fourth-order valence-electron chi connectivity index (χ4n) is 3.36.